The summed E-state index contributed by atoms with van der Waals surface area (Å²) in [5, 5.41) is 12.1. The molecular weight excluding hydrogens is 292 g/mol. The first-order valence-electron chi connectivity index (χ1n) is 7.87. The maximum Gasteiger partial charge on any atom is 0.234 e. The summed E-state index contributed by atoms with van der Waals surface area (Å²) in [5.41, 5.74) is 2.67. The Labute approximate surface area is 136 Å². The zero-order valence-electron chi connectivity index (χ0n) is 13.3. The number of aliphatic hydroxyl groups is 1. The third-order valence-electron chi connectivity index (χ3n) is 4.08. The zero-order chi connectivity index (χ0) is 16.1. The number of ether oxygens (including phenoxy) is 1. The van der Waals surface area contributed by atoms with Crippen molar-refractivity contribution >= 4 is 11.5 Å². The Balaban J connectivity index is 1.66. The average Bonchev–Trinajstić information content (AvgIpc) is 2.60. The Morgan fingerprint density at radius 1 is 1.35 bits per heavy atom. The molecule has 6 heteroatoms. The predicted molar refractivity (Wildman–Crippen MR) is 90.2 cm³/mol. The van der Waals surface area contributed by atoms with Gasteiger partial charge in [0.05, 0.1) is 19.0 Å². The highest BCUT2D eigenvalue weighted by Crippen LogP contribution is 2.34. The molecule has 0 fully saturated rings. The van der Waals surface area contributed by atoms with Gasteiger partial charge in [0.1, 0.15) is 12.4 Å². The summed E-state index contributed by atoms with van der Waals surface area (Å²) in [5.74, 6) is 1.57. The Hall–Kier alpha value is -2.34. The van der Waals surface area contributed by atoms with E-state index in [0.29, 0.717) is 17.6 Å². The number of hydrogen-bond acceptors (Lipinski definition) is 6. The van der Waals surface area contributed by atoms with Gasteiger partial charge in [0.25, 0.3) is 0 Å². The van der Waals surface area contributed by atoms with Gasteiger partial charge >= 0.3 is 0 Å². The number of aromatic nitrogens is 2. The largest absolute Gasteiger partial charge is 0.474 e. The van der Waals surface area contributed by atoms with Crippen molar-refractivity contribution in [3.8, 4) is 5.88 Å². The van der Waals surface area contributed by atoms with E-state index in [1.165, 1.54) is 11.3 Å². The summed E-state index contributed by atoms with van der Waals surface area (Å²) in [6, 6.07) is 8.54. The molecule has 2 heterocycles. The molecular formula is C17H22N4O2. The van der Waals surface area contributed by atoms with Crippen LogP contribution in [0.15, 0.2) is 36.7 Å². The van der Waals surface area contributed by atoms with E-state index in [0.717, 1.165) is 19.5 Å². The first-order chi connectivity index (χ1) is 11.3. The first-order valence-corrected chi connectivity index (χ1v) is 7.87. The van der Waals surface area contributed by atoms with Crippen LogP contribution < -0.4 is 15.0 Å². The molecule has 1 aliphatic rings. The van der Waals surface area contributed by atoms with E-state index in [4.69, 9.17) is 9.84 Å². The second-order valence-electron chi connectivity index (χ2n) is 5.66. The van der Waals surface area contributed by atoms with Crippen LogP contribution in [-0.4, -0.2) is 48.4 Å². The zero-order valence-corrected chi connectivity index (χ0v) is 13.3. The van der Waals surface area contributed by atoms with Crippen LogP contribution in [0.2, 0.25) is 0 Å². The number of hydrogen-bond donors (Lipinski definition) is 2. The van der Waals surface area contributed by atoms with E-state index >= 15 is 0 Å². The van der Waals surface area contributed by atoms with Gasteiger partial charge in [-0.05, 0) is 18.1 Å². The summed E-state index contributed by atoms with van der Waals surface area (Å²) in [7, 11) is 2.13. The van der Waals surface area contributed by atoms with Gasteiger partial charge in [-0.2, -0.15) is 4.98 Å². The SMILES string of the molecule is CN1CC[C@H](CNc2cncc(OCCO)n2)c2ccccc21. The number of nitrogens with one attached hydrogen (secondary N) is 1. The van der Waals surface area contributed by atoms with E-state index in [1.54, 1.807) is 12.4 Å². The Morgan fingerprint density at radius 2 is 2.22 bits per heavy atom. The van der Waals surface area contributed by atoms with Crippen LogP contribution in [0.4, 0.5) is 11.5 Å². The molecule has 6 nitrogen and oxygen atoms in total. The van der Waals surface area contributed by atoms with Gasteiger partial charge in [-0.25, -0.2) is 0 Å². The van der Waals surface area contributed by atoms with Gasteiger partial charge in [0, 0.05) is 31.7 Å². The Morgan fingerprint density at radius 3 is 3.09 bits per heavy atom. The van der Waals surface area contributed by atoms with Gasteiger partial charge in [-0.15, -0.1) is 0 Å². The molecule has 0 aliphatic carbocycles. The standard InChI is InChI=1S/C17H22N4O2/c1-21-7-6-13(14-4-2-3-5-15(14)21)10-19-16-11-18-12-17(20-16)23-9-8-22/h2-5,11-13,22H,6-10H2,1H3,(H,19,20)/t13-/m1/s1. The molecule has 0 saturated heterocycles. The molecule has 3 rings (SSSR count). The maximum atomic E-state index is 8.79. The van der Waals surface area contributed by atoms with Crippen molar-refractivity contribution in [2.24, 2.45) is 0 Å². The van der Waals surface area contributed by atoms with Crippen molar-refractivity contribution in [2.75, 3.05) is 43.6 Å². The molecule has 1 aromatic heterocycles. The predicted octanol–water partition coefficient (Wildman–Crippen LogP) is 1.88. The molecule has 1 aliphatic heterocycles. The fourth-order valence-corrected chi connectivity index (χ4v) is 2.90. The molecule has 1 aromatic carbocycles. The van der Waals surface area contributed by atoms with Crippen LogP contribution in [0, 0.1) is 0 Å². The normalized spacial score (nSPS) is 16.8. The molecule has 1 atom stereocenters. The number of rotatable bonds is 6. The second-order valence-corrected chi connectivity index (χ2v) is 5.66. The molecule has 0 saturated carbocycles. The molecule has 2 N–H and O–H groups in total. The molecule has 0 radical (unpaired) electrons. The number of nitrogens with zero attached hydrogens (tertiary/aromatic N) is 3. The topological polar surface area (TPSA) is 70.5 Å². The maximum absolute atomic E-state index is 8.79. The summed E-state index contributed by atoms with van der Waals surface area (Å²) in [6.07, 6.45) is 4.34. The van der Waals surface area contributed by atoms with Crippen LogP contribution in [0.3, 0.4) is 0 Å². The second kappa shape index (κ2) is 7.28. The Kier molecular flexibility index (Phi) is 4.92. The highest BCUT2D eigenvalue weighted by molar-refractivity contribution is 5.57. The average molecular weight is 314 g/mol. The van der Waals surface area contributed by atoms with Crippen molar-refractivity contribution in [1.82, 2.24) is 9.97 Å². The third-order valence-corrected chi connectivity index (χ3v) is 4.08. The number of benzene rings is 1. The summed E-state index contributed by atoms with van der Waals surface area (Å²) in [4.78, 5) is 10.8. The lowest BCUT2D eigenvalue weighted by atomic mass is 9.90. The van der Waals surface area contributed by atoms with E-state index in [2.05, 4.69) is 51.5 Å². The molecule has 0 bridgehead atoms. The van der Waals surface area contributed by atoms with Crippen LogP contribution in [-0.2, 0) is 0 Å². The van der Waals surface area contributed by atoms with Crippen LogP contribution in [0.5, 0.6) is 5.88 Å². The minimum atomic E-state index is -0.0360. The smallest absolute Gasteiger partial charge is 0.234 e. The minimum Gasteiger partial charge on any atom is -0.474 e. The highest BCUT2D eigenvalue weighted by atomic mass is 16.5. The van der Waals surface area contributed by atoms with Gasteiger partial charge in [0.2, 0.25) is 5.88 Å². The lowest BCUT2D eigenvalue weighted by molar-refractivity contribution is 0.196. The molecule has 0 amide bonds. The Bertz CT molecular complexity index is 650. The van der Waals surface area contributed by atoms with Gasteiger partial charge in [0.15, 0.2) is 0 Å². The molecule has 0 unspecified atom stereocenters. The number of para-hydroxylation sites is 1. The lowest BCUT2D eigenvalue weighted by Gasteiger charge is -2.33. The summed E-state index contributed by atoms with van der Waals surface area (Å²) >= 11 is 0. The van der Waals surface area contributed by atoms with Crippen molar-refractivity contribution in [1.29, 1.82) is 0 Å². The quantitative estimate of drug-likeness (QED) is 0.848. The minimum absolute atomic E-state index is 0.0360. The van der Waals surface area contributed by atoms with Crippen molar-refractivity contribution in [3.63, 3.8) is 0 Å². The third kappa shape index (κ3) is 3.71. The first kappa shape index (κ1) is 15.6. The number of aliphatic hydroxyl groups excluding tert-OH is 1. The fourth-order valence-electron chi connectivity index (χ4n) is 2.90. The molecule has 23 heavy (non-hydrogen) atoms. The van der Waals surface area contributed by atoms with Gasteiger partial charge in [-0.3, -0.25) is 4.98 Å². The van der Waals surface area contributed by atoms with E-state index in [1.807, 2.05) is 0 Å². The molecule has 0 spiro atoms. The highest BCUT2D eigenvalue weighted by Gasteiger charge is 2.22. The van der Waals surface area contributed by atoms with Crippen LogP contribution in [0.25, 0.3) is 0 Å². The van der Waals surface area contributed by atoms with Crippen LogP contribution in [0.1, 0.15) is 17.9 Å². The number of fused-ring (bicyclic) bond motifs is 1. The molecule has 122 valence electrons. The van der Waals surface area contributed by atoms with Crippen molar-refractivity contribution in [3.05, 3.63) is 42.2 Å². The molecule has 2 aromatic rings. The van der Waals surface area contributed by atoms with E-state index in [9.17, 15) is 0 Å². The van der Waals surface area contributed by atoms with Crippen LogP contribution >= 0.6 is 0 Å². The van der Waals surface area contributed by atoms with Gasteiger partial charge in [-0.1, -0.05) is 18.2 Å². The lowest BCUT2D eigenvalue weighted by Crippen LogP contribution is -2.29. The van der Waals surface area contributed by atoms with Crippen molar-refractivity contribution in [2.45, 2.75) is 12.3 Å². The van der Waals surface area contributed by atoms with E-state index in [-0.39, 0.29) is 13.2 Å². The summed E-state index contributed by atoms with van der Waals surface area (Å²) < 4.78 is 5.29. The number of anilines is 2. The fraction of sp³-hybridized carbons (Fsp3) is 0.412. The van der Waals surface area contributed by atoms with E-state index < -0.39 is 0 Å². The van der Waals surface area contributed by atoms with Gasteiger partial charge < -0.3 is 20.1 Å². The van der Waals surface area contributed by atoms with Crippen molar-refractivity contribution < 1.29 is 9.84 Å². The monoisotopic (exact) mass is 314 g/mol. The summed E-state index contributed by atoms with van der Waals surface area (Å²) in [6.45, 7) is 2.05.